The Hall–Kier alpha value is -3.91. The molecule has 7 nitrogen and oxygen atoms in total. The third kappa shape index (κ3) is 4.40. The first kappa shape index (κ1) is 20.0. The van der Waals surface area contributed by atoms with Gasteiger partial charge in [-0.3, -0.25) is 9.69 Å². The van der Waals surface area contributed by atoms with Crippen molar-refractivity contribution in [3.8, 4) is 5.69 Å². The molecule has 5 rings (SSSR count). The van der Waals surface area contributed by atoms with Gasteiger partial charge in [0.25, 0.3) is 0 Å². The third-order valence-electron chi connectivity index (χ3n) is 5.19. The second-order valence-corrected chi connectivity index (χ2v) is 8.35. The summed E-state index contributed by atoms with van der Waals surface area (Å²) in [6.07, 6.45) is 2.60. The SMILES string of the molecule is O=C(Cc1ccc(-n2cnnn2)cc1)N(CCc1ccccc1)c1nc2ccccc2s1. The van der Waals surface area contributed by atoms with Crippen LogP contribution in [0.2, 0.25) is 0 Å². The van der Waals surface area contributed by atoms with E-state index in [2.05, 4.69) is 27.7 Å². The number of anilines is 1. The lowest BCUT2D eigenvalue weighted by Gasteiger charge is -2.20. The maximum atomic E-state index is 13.4. The zero-order chi connectivity index (χ0) is 21.8. The topological polar surface area (TPSA) is 76.8 Å². The Kier molecular flexibility index (Phi) is 5.67. The Bertz CT molecular complexity index is 1280. The average Bonchev–Trinajstić information content (AvgIpc) is 3.51. The van der Waals surface area contributed by atoms with E-state index in [1.807, 2.05) is 71.6 Å². The van der Waals surface area contributed by atoms with Crippen LogP contribution in [0.15, 0.2) is 85.2 Å². The van der Waals surface area contributed by atoms with Gasteiger partial charge < -0.3 is 0 Å². The summed E-state index contributed by atoms with van der Waals surface area (Å²) in [5.74, 6) is 0.0233. The van der Waals surface area contributed by atoms with Crippen molar-refractivity contribution >= 4 is 32.6 Å². The van der Waals surface area contributed by atoms with Gasteiger partial charge in [-0.1, -0.05) is 65.9 Å². The van der Waals surface area contributed by atoms with Crippen LogP contribution in [0.25, 0.3) is 15.9 Å². The first-order chi connectivity index (χ1) is 15.8. The van der Waals surface area contributed by atoms with Gasteiger partial charge in [0.05, 0.1) is 22.3 Å². The van der Waals surface area contributed by atoms with Crippen molar-refractivity contribution in [2.24, 2.45) is 0 Å². The molecule has 0 fully saturated rings. The van der Waals surface area contributed by atoms with Gasteiger partial charge in [0.1, 0.15) is 6.33 Å². The van der Waals surface area contributed by atoms with Crippen LogP contribution in [0.1, 0.15) is 11.1 Å². The van der Waals surface area contributed by atoms with E-state index >= 15 is 0 Å². The molecule has 0 N–H and O–H groups in total. The van der Waals surface area contributed by atoms with E-state index in [9.17, 15) is 4.79 Å². The van der Waals surface area contributed by atoms with Crippen LogP contribution in [0.5, 0.6) is 0 Å². The van der Waals surface area contributed by atoms with Crippen molar-refractivity contribution in [2.45, 2.75) is 12.8 Å². The molecule has 0 saturated carbocycles. The lowest BCUT2D eigenvalue weighted by Crippen LogP contribution is -2.34. The molecular formula is C24H20N6OS. The monoisotopic (exact) mass is 440 g/mol. The molecule has 2 aromatic heterocycles. The van der Waals surface area contributed by atoms with Crippen LogP contribution < -0.4 is 4.90 Å². The number of nitrogens with zero attached hydrogens (tertiary/aromatic N) is 6. The Balaban J connectivity index is 1.38. The van der Waals surface area contributed by atoms with E-state index in [1.54, 1.807) is 22.3 Å². The van der Waals surface area contributed by atoms with Crippen molar-refractivity contribution in [3.63, 3.8) is 0 Å². The van der Waals surface area contributed by atoms with Crippen LogP contribution in [-0.4, -0.2) is 37.6 Å². The summed E-state index contributed by atoms with van der Waals surface area (Å²) in [6, 6.07) is 25.9. The van der Waals surface area contributed by atoms with Gasteiger partial charge in [0.15, 0.2) is 5.13 Å². The highest BCUT2D eigenvalue weighted by Gasteiger charge is 2.20. The average molecular weight is 441 g/mol. The molecule has 3 aromatic carbocycles. The number of carbonyl (C=O) groups excluding carboxylic acids is 1. The third-order valence-corrected chi connectivity index (χ3v) is 6.25. The maximum absolute atomic E-state index is 13.4. The largest absolute Gasteiger partial charge is 0.287 e. The van der Waals surface area contributed by atoms with Gasteiger partial charge >= 0.3 is 0 Å². The molecule has 0 aliphatic carbocycles. The first-order valence-corrected chi connectivity index (χ1v) is 11.1. The Morgan fingerprint density at radius 2 is 1.69 bits per heavy atom. The Labute approximate surface area is 189 Å². The summed E-state index contributed by atoms with van der Waals surface area (Å²) in [5, 5.41) is 11.9. The number of carbonyl (C=O) groups is 1. The highest BCUT2D eigenvalue weighted by molar-refractivity contribution is 7.22. The summed E-state index contributed by atoms with van der Waals surface area (Å²) in [6.45, 7) is 0.575. The molecule has 0 aliphatic rings. The van der Waals surface area contributed by atoms with Crippen LogP contribution in [0.4, 0.5) is 5.13 Å². The quantitative estimate of drug-likeness (QED) is 0.381. The van der Waals surface area contributed by atoms with Crippen molar-refractivity contribution in [1.82, 2.24) is 25.2 Å². The number of para-hydroxylation sites is 1. The normalized spacial score (nSPS) is 11.0. The number of rotatable bonds is 7. The summed E-state index contributed by atoms with van der Waals surface area (Å²) in [4.78, 5) is 19.9. The van der Waals surface area contributed by atoms with Crippen molar-refractivity contribution in [2.75, 3.05) is 11.4 Å². The molecule has 2 heterocycles. The predicted octanol–water partition coefficient (Wildman–Crippen LogP) is 4.09. The number of benzene rings is 3. The molecule has 1 amide bonds. The zero-order valence-electron chi connectivity index (χ0n) is 17.2. The maximum Gasteiger partial charge on any atom is 0.233 e. The number of hydrogen-bond donors (Lipinski definition) is 0. The van der Waals surface area contributed by atoms with E-state index in [0.29, 0.717) is 13.0 Å². The molecule has 0 unspecified atom stereocenters. The smallest absolute Gasteiger partial charge is 0.233 e. The standard InChI is InChI=1S/C24H20N6OS/c31-23(16-19-10-12-20(13-11-19)30-17-25-27-28-30)29(15-14-18-6-2-1-3-7-18)24-26-21-8-4-5-9-22(21)32-24/h1-13,17H,14-16H2. The number of aromatic nitrogens is 5. The van der Waals surface area contributed by atoms with E-state index in [-0.39, 0.29) is 5.91 Å². The van der Waals surface area contributed by atoms with Crippen LogP contribution in [-0.2, 0) is 17.6 Å². The lowest BCUT2D eigenvalue weighted by molar-refractivity contribution is -0.118. The van der Waals surface area contributed by atoms with Crippen LogP contribution in [0.3, 0.4) is 0 Å². The van der Waals surface area contributed by atoms with Gasteiger partial charge in [-0.2, -0.15) is 0 Å². The molecular weight excluding hydrogens is 420 g/mol. The van der Waals surface area contributed by atoms with Gasteiger partial charge in [0, 0.05) is 6.54 Å². The second kappa shape index (κ2) is 9.07. The summed E-state index contributed by atoms with van der Waals surface area (Å²) < 4.78 is 2.66. The van der Waals surface area contributed by atoms with Crippen molar-refractivity contribution < 1.29 is 4.79 Å². The Morgan fingerprint density at radius 3 is 2.44 bits per heavy atom. The van der Waals surface area contributed by atoms with E-state index in [1.165, 1.54) is 5.56 Å². The Morgan fingerprint density at radius 1 is 0.906 bits per heavy atom. The number of hydrogen-bond acceptors (Lipinski definition) is 6. The van der Waals surface area contributed by atoms with E-state index < -0.39 is 0 Å². The lowest BCUT2D eigenvalue weighted by atomic mass is 10.1. The molecule has 5 aromatic rings. The van der Waals surface area contributed by atoms with Gasteiger partial charge in [0.2, 0.25) is 5.91 Å². The highest BCUT2D eigenvalue weighted by atomic mass is 32.1. The van der Waals surface area contributed by atoms with Crippen molar-refractivity contribution in [3.05, 3.63) is 96.3 Å². The molecule has 0 bridgehead atoms. The molecule has 32 heavy (non-hydrogen) atoms. The van der Waals surface area contributed by atoms with Crippen molar-refractivity contribution in [1.29, 1.82) is 0 Å². The second-order valence-electron chi connectivity index (χ2n) is 7.34. The number of amides is 1. The van der Waals surface area contributed by atoms with E-state index in [4.69, 9.17) is 4.98 Å². The van der Waals surface area contributed by atoms with Crippen LogP contribution >= 0.6 is 11.3 Å². The van der Waals surface area contributed by atoms with Gasteiger partial charge in [-0.15, -0.1) is 5.10 Å². The molecule has 8 heteroatoms. The fraction of sp³-hybridized carbons (Fsp3) is 0.125. The van der Waals surface area contributed by atoms with E-state index in [0.717, 1.165) is 33.0 Å². The zero-order valence-corrected chi connectivity index (χ0v) is 18.0. The minimum Gasteiger partial charge on any atom is -0.287 e. The fourth-order valence-corrected chi connectivity index (χ4v) is 4.51. The number of thiazole rings is 1. The summed E-state index contributed by atoms with van der Waals surface area (Å²) >= 11 is 1.55. The summed E-state index contributed by atoms with van der Waals surface area (Å²) in [7, 11) is 0. The minimum atomic E-state index is 0.0233. The fourth-order valence-electron chi connectivity index (χ4n) is 3.50. The van der Waals surface area contributed by atoms with Gasteiger partial charge in [-0.05, 0) is 52.2 Å². The predicted molar refractivity (Wildman–Crippen MR) is 125 cm³/mol. The first-order valence-electron chi connectivity index (χ1n) is 10.3. The molecule has 0 atom stereocenters. The molecule has 0 radical (unpaired) electrons. The molecule has 0 saturated heterocycles. The molecule has 0 spiro atoms. The minimum absolute atomic E-state index is 0.0233. The summed E-state index contributed by atoms with van der Waals surface area (Å²) in [5.41, 5.74) is 3.88. The number of tetrazole rings is 1. The molecule has 158 valence electrons. The van der Waals surface area contributed by atoms with Gasteiger partial charge in [-0.25, -0.2) is 9.67 Å². The number of fused-ring (bicyclic) bond motifs is 1. The van der Waals surface area contributed by atoms with Crippen LogP contribution in [0, 0.1) is 0 Å². The highest BCUT2D eigenvalue weighted by Crippen LogP contribution is 2.29. The molecule has 0 aliphatic heterocycles.